The van der Waals surface area contributed by atoms with Gasteiger partial charge in [-0.2, -0.15) is 0 Å². The fourth-order valence-corrected chi connectivity index (χ4v) is 2.69. The molecule has 0 aliphatic heterocycles. The Morgan fingerprint density at radius 1 is 1.33 bits per heavy atom. The summed E-state index contributed by atoms with van der Waals surface area (Å²) in [4.78, 5) is 17.6. The molecular weight excluding hydrogens is 177 g/mol. The summed E-state index contributed by atoms with van der Waals surface area (Å²) in [6.07, 6.45) is 1.37. The van der Waals surface area contributed by atoms with Crippen LogP contribution < -0.4 is 5.32 Å². The van der Waals surface area contributed by atoms with Crippen molar-refractivity contribution in [3.05, 3.63) is 0 Å². The molecule has 0 radical (unpaired) electrons. The van der Waals surface area contributed by atoms with Crippen molar-refractivity contribution in [1.29, 1.82) is 0 Å². The van der Waals surface area contributed by atoms with Crippen LogP contribution in [0.15, 0.2) is 0 Å². The second-order valence-electron chi connectivity index (χ2n) is 3.06. The summed E-state index contributed by atoms with van der Waals surface area (Å²) in [5.74, 6) is 0. The monoisotopic (exact) mass is 195 g/mol. The number of hydrogen-bond acceptors (Lipinski definition) is 2. The van der Waals surface area contributed by atoms with Crippen LogP contribution in [-0.2, 0) is 4.57 Å². The van der Waals surface area contributed by atoms with Gasteiger partial charge < -0.3 is 15.1 Å². The van der Waals surface area contributed by atoms with Crippen LogP contribution in [0.3, 0.4) is 0 Å². The van der Waals surface area contributed by atoms with Crippen molar-refractivity contribution in [2.24, 2.45) is 0 Å². The van der Waals surface area contributed by atoms with Gasteiger partial charge in [0.25, 0.3) is 0 Å². The van der Waals surface area contributed by atoms with Crippen LogP contribution in [0.25, 0.3) is 0 Å². The van der Waals surface area contributed by atoms with Gasteiger partial charge in [-0.1, -0.05) is 13.8 Å². The summed E-state index contributed by atoms with van der Waals surface area (Å²) >= 11 is 0. The van der Waals surface area contributed by atoms with E-state index in [9.17, 15) is 4.57 Å². The molecule has 0 aromatic carbocycles. The zero-order valence-electron chi connectivity index (χ0n) is 7.87. The molecular formula is C7H18NO3P. The topological polar surface area (TPSA) is 69.6 Å². The van der Waals surface area contributed by atoms with E-state index in [-0.39, 0.29) is 6.16 Å². The molecule has 4 nitrogen and oxygen atoms in total. The van der Waals surface area contributed by atoms with E-state index < -0.39 is 13.1 Å². The third-order valence-electron chi connectivity index (χ3n) is 2.39. The van der Waals surface area contributed by atoms with Crippen LogP contribution in [0.4, 0.5) is 0 Å². The second kappa shape index (κ2) is 4.38. The lowest BCUT2D eigenvalue weighted by Crippen LogP contribution is -2.45. The van der Waals surface area contributed by atoms with Crippen LogP contribution in [0, 0.1) is 0 Å². The first-order chi connectivity index (χ1) is 5.39. The zero-order chi connectivity index (χ0) is 9.83. The highest BCUT2D eigenvalue weighted by Crippen LogP contribution is 2.40. The zero-order valence-corrected chi connectivity index (χ0v) is 8.77. The Labute approximate surface area is 73.5 Å². The maximum Gasteiger partial charge on any atom is 0.327 e. The van der Waals surface area contributed by atoms with E-state index in [4.69, 9.17) is 9.79 Å². The lowest BCUT2D eigenvalue weighted by molar-refractivity contribution is 0.312. The molecule has 0 bridgehead atoms. The van der Waals surface area contributed by atoms with Gasteiger partial charge in [-0.15, -0.1) is 0 Å². The first kappa shape index (κ1) is 12.1. The van der Waals surface area contributed by atoms with Crippen molar-refractivity contribution in [2.75, 3.05) is 13.2 Å². The minimum absolute atomic E-state index is 0.0799. The second-order valence-corrected chi connectivity index (χ2v) is 4.71. The van der Waals surface area contributed by atoms with Crippen molar-refractivity contribution in [2.45, 2.75) is 32.2 Å². The van der Waals surface area contributed by atoms with Crippen LogP contribution in [0.5, 0.6) is 0 Å². The summed E-state index contributed by atoms with van der Waals surface area (Å²) < 4.78 is 10.8. The fourth-order valence-electron chi connectivity index (χ4n) is 1.30. The predicted molar refractivity (Wildman–Crippen MR) is 49.3 cm³/mol. The van der Waals surface area contributed by atoms with E-state index in [1.165, 1.54) is 0 Å². The summed E-state index contributed by atoms with van der Waals surface area (Å²) in [7, 11) is -2.16. The van der Waals surface area contributed by atoms with Gasteiger partial charge in [0.15, 0.2) is 0 Å². The van der Waals surface area contributed by atoms with Crippen molar-refractivity contribution >= 4 is 7.60 Å². The number of hydrogen-bond donors (Lipinski definition) is 3. The lowest BCUT2D eigenvalue weighted by atomic mass is 9.96. The van der Waals surface area contributed by atoms with Gasteiger partial charge in [-0.3, -0.25) is 4.57 Å². The van der Waals surface area contributed by atoms with Crippen molar-refractivity contribution in [3.63, 3.8) is 0 Å². The molecule has 0 aromatic rings. The van der Waals surface area contributed by atoms with Gasteiger partial charge in [0.1, 0.15) is 0 Å². The highest BCUT2D eigenvalue weighted by atomic mass is 31.2. The molecule has 0 unspecified atom stereocenters. The maximum atomic E-state index is 10.8. The Balaban J connectivity index is 4.41. The molecule has 0 spiro atoms. The first-order valence-electron chi connectivity index (χ1n) is 4.12. The fraction of sp³-hybridized carbons (Fsp3) is 1.00. The molecule has 5 heteroatoms. The highest BCUT2D eigenvalue weighted by molar-refractivity contribution is 7.51. The van der Waals surface area contributed by atoms with Gasteiger partial charge in [0.05, 0.1) is 6.16 Å². The normalized spacial score (nSPS) is 13.4. The molecule has 0 rings (SSSR count). The van der Waals surface area contributed by atoms with Crippen molar-refractivity contribution < 1.29 is 14.4 Å². The Kier molecular flexibility index (Phi) is 4.42. The smallest absolute Gasteiger partial charge is 0.324 e. The van der Waals surface area contributed by atoms with E-state index in [1.807, 2.05) is 13.8 Å². The van der Waals surface area contributed by atoms with E-state index in [2.05, 4.69) is 5.32 Å². The average molecular weight is 195 g/mol. The van der Waals surface area contributed by atoms with Crippen molar-refractivity contribution in [3.8, 4) is 0 Å². The molecule has 0 aliphatic carbocycles. The lowest BCUT2D eigenvalue weighted by Gasteiger charge is -2.31. The minimum Gasteiger partial charge on any atom is -0.324 e. The van der Waals surface area contributed by atoms with E-state index in [0.29, 0.717) is 0 Å². The van der Waals surface area contributed by atoms with Gasteiger partial charge in [0.2, 0.25) is 0 Å². The summed E-state index contributed by atoms with van der Waals surface area (Å²) in [6, 6.07) is 0. The van der Waals surface area contributed by atoms with E-state index >= 15 is 0 Å². The SMILES string of the molecule is CCC(CC)(CP(=O)(O)O)NC. The Morgan fingerprint density at radius 3 is 1.83 bits per heavy atom. The minimum atomic E-state index is -3.90. The average Bonchev–Trinajstić information content (AvgIpc) is 1.99. The van der Waals surface area contributed by atoms with Crippen molar-refractivity contribution in [1.82, 2.24) is 5.32 Å². The summed E-state index contributed by atoms with van der Waals surface area (Å²) in [5.41, 5.74) is -0.404. The third kappa shape index (κ3) is 3.68. The molecule has 12 heavy (non-hydrogen) atoms. The molecule has 0 aliphatic rings. The molecule has 0 heterocycles. The molecule has 0 aromatic heterocycles. The maximum absolute atomic E-state index is 10.8. The van der Waals surface area contributed by atoms with Crippen LogP contribution >= 0.6 is 7.60 Å². The van der Waals surface area contributed by atoms with E-state index in [1.54, 1.807) is 7.05 Å². The van der Waals surface area contributed by atoms with Gasteiger partial charge >= 0.3 is 7.60 Å². The standard InChI is InChI=1S/C7H18NO3P/c1-4-7(5-2,8-3)6-12(9,10)11/h8H,4-6H2,1-3H3,(H2,9,10,11). The summed E-state index contributed by atoms with van der Waals surface area (Å²) in [5, 5.41) is 2.98. The van der Waals surface area contributed by atoms with Crippen LogP contribution in [0.1, 0.15) is 26.7 Å². The van der Waals surface area contributed by atoms with E-state index in [0.717, 1.165) is 12.8 Å². The predicted octanol–water partition coefficient (Wildman–Crippen LogP) is 0.942. The molecule has 0 amide bonds. The molecule has 3 N–H and O–H groups in total. The Bertz CT molecular complexity index is 165. The third-order valence-corrected chi connectivity index (χ3v) is 3.41. The quantitative estimate of drug-likeness (QED) is 0.571. The molecule has 0 fully saturated rings. The molecule has 74 valence electrons. The molecule has 0 saturated heterocycles. The van der Waals surface area contributed by atoms with Crippen LogP contribution in [-0.4, -0.2) is 28.5 Å². The molecule has 0 saturated carbocycles. The molecule has 0 atom stereocenters. The largest absolute Gasteiger partial charge is 0.327 e. The van der Waals surface area contributed by atoms with Crippen LogP contribution in [0.2, 0.25) is 0 Å². The Morgan fingerprint density at radius 2 is 1.75 bits per heavy atom. The highest BCUT2D eigenvalue weighted by Gasteiger charge is 2.32. The Hall–Kier alpha value is 0.110. The summed E-state index contributed by atoms with van der Waals surface area (Å²) in [6.45, 7) is 3.85. The van der Waals surface area contributed by atoms with Gasteiger partial charge in [0, 0.05) is 5.54 Å². The number of nitrogens with one attached hydrogen (secondary N) is 1. The number of rotatable bonds is 5. The van der Waals surface area contributed by atoms with Gasteiger partial charge in [-0.05, 0) is 19.9 Å². The van der Waals surface area contributed by atoms with Gasteiger partial charge in [-0.25, -0.2) is 0 Å². The first-order valence-corrected chi connectivity index (χ1v) is 5.92.